The molecule has 13 heavy (non-hydrogen) atoms. The molecule has 0 bridgehead atoms. The lowest BCUT2D eigenvalue weighted by molar-refractivity contribution is 0.354. The first-order chi connectivity index (χ1) is 6.36. The molecule has 2 rings (SSSR count). The third kappa shape index (κ3) is 2.96. The Morgan fingerprint density at radius 3 is 2.85 bits per heavy atom. The van der Waals surface area contributed by atoms with Gasteiger partial charge in [0.2, 0.25) is 0 Å². The Bertz CT molecular complexity index is 148. The van der Waals surface area contributed by atoms with Crippen LogP contribution in [0.25, 0.3) is 0 Å². The van der Waals surface area contributed by atoms with Gasteiger partial charge in [-0.2, -0.15) is 0 Å². The van der Waals surface area contributed by atoms with E-state index in [4.69, 9.17) is 0 Å². The summed E-state index contributed by atoms with van der Waals surface area (Å²) in [6, 6.07) is 0.745. The van der Waals surface area contributed by atoms with E-state index in [1.165, 1.54) is 45.3 Å². The summed E-state index contributed by atoms with van der Waals surface area (Å²) in [4.78, 5) is 0. The van der Waals surface area contributed by atoms with Crippen LogP contribution in [0.5, 0.6) is 0 Å². The molecule has 76 valence electrons. The highest BCUT2D eigenvalue weighted by Gasteiger charge is 2.27. The topological polar surface area (TPSA) is 24.1 Å². The van der Waals surface area contributed by atoms with E-state index in [0.29, 0.717) is 0 Å². The second-order valence-electron chi connectivity index (χ2n) is 4.77. The monoisotopic (exact) mass is 182 g/mol. The summed E-state index contributed by atoms with van der Waals surface area (Å²) in [6.07, 6.45) is 5.66. The van der Waals surface area contributed by atoms with Crippen LogP contribution in [-0.2, 0) is 0 Å². The fourth-order valence-corrected chi connectivity index (χ4v) is 2.21. The lowest BCUT2D eigenvalue weighted by atomic mass is 10.0. The average molecular weight is 182 g/mol. The van der Waals surface area contributed by atoms with Gasteiger partial charge in [0.1, 0.15) is 0 Å². The first-order valence-electron chi connectivity index (χ1n) is 5.80. The number of hydrogen-bond acceptors (Lipinski definition) is 2. The summed E-state index contributed by atoms with van der Waals surface area (Å²) in [5.41, 5.74) is 0. The summed E-state index contributed by atoms with van der Waals surface area (Å²) in [5.74, 6) is 1.95. The standard InChI is InChI=1S/C11H22N2/c1-9(10-4-5-10)7-13-11-3-2-6-12-8-11/h9-13H,2-8H2,1H3. The molecule has 2 N–H and O–H groups in total. The maximum absolute atomic E-state index is 3.68. The Morgan fingerprint density at radius 2 is 2.23 bits per heavy atom. The van der Waals surface area contributed by atoms with E-state index in [1.807, 2.05) is 0 Å². The minimum Gasteiger partial charge on any atom is -0.315 e. The summed E-state index contributed by atoms with van der Waals surface area (Å²) in [6.45, 7) is 6.02. The van der Waals surface area contributed by atoms with Crippen molar-refractivity contribution in [3.63, 3.8) is 0 Å². The van der Waals surface area contributed by atoms with Gasteiger partial charge in [0.05, 0.1) is 0 Å². The van der Waals surface area contributed by atoms with Crippen LogP contribution in [0, 0.1) is 11.8 Å². The third-order valence-electron chi connectivity index (χ3n) is 3.45. The van der Waals surface area contributed by atoms with E-state index in [2.05, 4.69) is 17.6 Å². The molecule has 2 nitrogen and oxygen atoms in total. The highest BCUT2D eigenvalue weighted by atomic mass is 15.0. The molecule has 1 aliphatic carbocycles. The van der Waals surface area contributed by atoms with Crippen LogP contribution in [0.4, 0.5) is 0 Å². The van der Waals surface area contributed by atoms with Crippen molar-refractivity contribution in [2.45, 2.75) is 38.6 Å². The van der Waals surface area contributed by atoms with Gasteiger partial charge >= 0.3 is 0 Å². The minimum absolute atomic E-state index is 0.745. The van der Waals surface area contributed by atoms with Crippen molar-refractivity contribution in [3.05, 3.63) is 0 Å². The lowest BCUT2D eigenvalue weighted by Gasteiger charge is -2.25. The molecular formula is C11H22N2. The van der Waals surface area contributed by atoms with Crippen LogP contribution in [0.3, 0.4) is 0 Å². The fraction of sp³-hybridized carbons (Fsp3) is 1.00. The van der Waals surface area contributed by atoms with Gasteiger partial charge in [0.15, 0.2) is 0 Å². The molecule has 2 atom stereocenters. The first kappa shape index (κ1) is 9.47. The van der Waals surface area contributed by atoms with Crippen LogP contribution < -0.4 is 10.6 Å². The number of piperidine rings is 1. The van der Waals surface area contributed by atoms with E-state index in [-0.39, 0.29) is 0 Å². The molecule has 1 saturated carbocycles. The second-order valence-corrected chi connectivity index (χ2v) is 4.77. The smallest absolute Gasteiger partial charge is 0.0193 e. The molecule has 2 heteroatoms. The van der Waals surface area contributed by atoms with Crippen LogP contribution in [0.15, 0.2) is 0 Å². The van der Waals surface area contributed by atoms with Gasteiger partial charge in [0, 0.05) is 12.6 Å². The maximum Gasteiger partial charge on any atom is 0.0193 e. The van der Waals surface area contributed by atoms with Crippen molar-refractivity contribution in [1.82, 2.24) is 10.6 Å². The molecule has 2 unspecified atom stereocenters. The third-order valence-corrected chi connectivity index (χ3v) is 3.45. The zero-order valence-electron chi connectivity index (χ0n) is 8.68. The Morgan fingerprint density at radius 1 is 1.38 bits per heavy atom. The quantitative estimate of drug-likeness (QED) is 0.686. The Balaban J connectivity index is 1.60. The van der Waals surface area contributed by atoms with Crippen molar-refractivity contribution < 1.29 is 0 Å². The lowest BCUT2D eigenvalue weighted by Crippen LogP contribution is -2.44. The highest BCUT2D eigenvalue weighted by Crippen LogP contribution is 2.36. The average Bonchev–Trinajstić information content (AvgIpc) is 2.99. The second kappa shape index (κ2) is 4.43. The zero-order chi connectivity index (χ0) is 9.10. The largest absolute Gasteiger partial charge is 0.315 e. The van der Waals surface area contributed by atoms with E-state index in [1.54, 1.807) is 0 Å². The summed E-state index contributed by atoms with van der Waals surface area (Å²) in [7, 11) is 0. The molecule has 2 aliphatic rings. The van der Waals surface area contributed by atoms with Gasteiger partial charge in [-0.25, -0.2) is 0 Å². The molecule has 0 aromatic rings. The predicted octanol–water partition coefficient (Wildman–Crippen LogP) is 1.37. The predicted molar refractivity (Wildman–Crippen MR) is 55.8 cm³/mol. The van der Waals surface area contributed by atoms with Crippen molar-refractivity contribution in [3.8, 4) is 0 Å². The van der Waals surface area contributed by atoms with Crippen LogP contribution >= 0.6 is 0 Å². The fourth-order valence-electron chi connectivity index (χ4n) is 2.21. The van der Waals surface area contributed by atoms with Gasteiger partial charge in [0.25, 0.3) is 0 Å². The number of rotatable bonds is 4. The Hall–Kier alpha value is -0.0800. The van der Waals surface area contributed by atoms with Gasteiger partial charge in [-0.1, -0.05) is 6.92 Å². The molecule has 2 fully saturated rings. The normalized spacial score (nSPS) is 31.6. The summed E-state index contributed by atoms with van der Waals surface area (Å²) >= 11 is 0. The van der Waals surface area contributed by atoms with Gasteiger partial charge < -0.3 is 10.6 Å². The van der Waals surface area contributed by atoms with Gasteiger partial charge in [-0.15, -0.1) is 0 Å². The molecule has 0 spiro atoms. The molecular weight excluding hydrogens is 160 g/mol. The molecule has 1 saturated heterocycles. The Labute approximate surface area is 81.5 Å². The van der Waals surface area contributed by atoms with Crippen molar-refractivity contribution in [1.29, 1.82) is 0 Å². The van der Waals surface area contributed by atoms with E-state index in [0.717, 1.165) is 17.9 Å². The van der Waals surface area contributed by atoms with E-state index < -0.39 is 0 Å². The molecule has 0 aromatic heterocycles. The molecule has 1 aliphatic heterocycles. The van der Waals surface area contributed by atoms with Gasteiger partial charge in [-0.05, 0) is 50.6 Å². The summed E-state index contributed by atoms with van der Waals surface area (Å²) < 4.78 is 0. The van der Waals surface area contributed by atoms with E-state index >= 15 is 0 Å². The molecule has 0 aromatic carbocycles. The SMILES string of the molecule is CC(CNC1CCCNC1)C1CC1. The van der Waals surface area contributed by atoms with E-state index in [9.17, 15) is 0 Å². The van der Waals surface area contributed by atoms with Crippen molar-refractivity contribution >= 4 is 0 Å². The minimum atomic E-state index is 0.745. The molecule has 0 amide bonds. The molecule has 1 heterocycles. The van der Waals surface area contributed by atoms with Crippen LogP contribution in [-0.4, -0.2) is 25.7 Å². The molecule has 0 radical (unpaired) electrons. The van der Waals surface area contributed by atoms with Gasteiger partial charge in [-0.3, -0.25) is 0 Å². The number of nitrogens with one attached hydrogen (secondary N) is 2. The van der Waals surface area contributed by atoms with Crippen molar-refractivity contribution in [2.75, 3.05) is 19.6 Å². The van der Waals surface area contributed by atoms with Crippen LogP contribution in [0.1, 0.15) is 32.6 Å². The highest BCUT2D eigenvalue weighted by molar-refractivity contribution is 4.82. The summed E-state index contributed by atoms with van der Waals surface area (Å²) in [5, 5.41) is 7.12. The zero-order valence-corrected chi connectivity index (χ0v) is 8.68. The Kier molecular flexibility index (Phi) is 3.23. The van der Waals surface area contributed by atoms with Crippen molar-refractivity contribution in [2.24, 2.45) is 11.8 Å². The van der Waals surface area contributed by atoms with Crippen LogP contribution in [0.2, 0.25) is 0 Å². The number of hydrogen-bond donors (Lipinski definition) is 2. The maximum atomic E-state index is 3.68. The first-order valence-corrected chi connectivity index (χ1v) is 5.80.